The number of rotatable bonds is 6. The molecule has 2 unspecified atom stereocenters. The molecular formula is C20H24F2N2O2S. The summed E-state index contributed by atoms with van der Waals surface area (Å²) >= 11 is 0. The third-order valence-corrected chi connectivity index (χ3v) is 7.04. The first-order valence-corrected chi connectivity index (χ1v) is 11.1. The molecule has 4 nitrogen and oxygen atoms in total. The fourth-order valence-electron chi connectivity index (χ4n) is 3.60. The van der Waals surface area contributed by atoms with E-state index in [1.165, 1.54) is 12.1 Å². The van der Waals surface area contributed by atoms with E-state index in [2.05, 4.69) is 10.9 Å². The Morgan fingerprint density at radius 2 is 2.04 bits per heavy atom. The van der Waals surface area contributed by atoms with Crippen molar-refractivity contribution >= 4 is 27.0 Å². The van der Waals surface area contributed by atoms with E-state index in [1.54, 1.807) is 11.0 Å². The maximum Gasteiger partial charge on any atom is 0.252 e. The molecule has 0 spiro atoms. The summed E-state index contributed by atoms with van der Waals surface area (Å²) in [5, 5.41) is 0. The van der Waals surface area contributed by atoms with Crippen LogP contribution in [-0.2, 0) is 20.9 Å². The summed E-state index contributed by atoms with van der Waals surface area (Å²) in [6.45, 7) is 2.72. The summed E-state index contributed by atoms with van der Waals surface area (Å²) in [5.41, 5.74) is 1.78. The number of benzene rings is 1. The standard InChI is InChI=1S/C20H24F2N2O2S/c1-14-7-17(11-23-14)20(25)24(5-3-15-4-6-27(2,26)13-15)12-16-8-18(21)10-19(22)9-16/h7-10,15H,2-6,11-13H2,1H3. The minimum atomic E-state index is -1.99. The van der Waals surface area contributed by atoms with Crippen molar-refractivity contribution in [1.29, 1.82) is 0 Å². The lowest BCUT2D eigenvalue weighted by Crippen LogP contribution is -2.34. The second-order valence-electron chi connectivity index (χ2n) is 7.41. The molecule has 27 heavy (non-hydrogen) atoms. The van der Waals surface area contributed by atoms with Crippen molar-refractivity contribution in [1.82, 2.24) is 4.90 Å². The molecule has 0 aromatic heterocycles. The van der Waals surface area contributed by atoms with Crippen LogP contribution < -0.4 is 0 Å². The van der Waals surface area contributed by atoms with Crippen LogP contribution in [0.25, 0.3) is 0 Å². The summed E-state index contributed by atoms with van der Waals surface area (Å²) in [5.74, 6) is 3.74. The topological polar surface area (TPSA) is 49.7 Å². The van der Waals surface area contributed by atoms with Gasteiger partial charge >= 0.3 is 0 Å². The second-order valence-corrected chi connectivity index (χ2v) is 10.1. The van der Waals surface area contributed by atoms with E-state index < -0.39 is 21.2 Å². The number of halogens is 2. The Hall–Kier alpha value is -2.02. The molecule has 1 fully saturated rings. The first-order valence-electron chi connectivity index (χ1n) is 9.00. The Balaban J connectivity index is 1.74. The highest BCUT2D eigenvalue weighted by molar-refractivity contribution is 8.00. The first kappa shape index (κ1) is 19.7. The molecular weight excluding hydrogens is 370 g/mol. The van der Waals surface area contributed by atoms with Gasteiger partial charge in [-0.15, -0.1) is 0 Å². The van der Waals surface area contributed by atoms with Gasteiger partial charge in [-0.3, -0.25) is 14.0 Å². The van der Waals surface area contributed by atoms with Gasteiger partial charge in [0.05, 0.1) is 6.54 Å². The van der Waals surface area contributed by atoms with E-state index in [9.17, 15) is 17.8 Å². The summed E-state index contributed by atoms with van der Waals surface area (Å²) < 4.78 is 39.2. The van der Waals surface area contributed by atoms with Crippen LogP contribution in [0.5, 0.6) is 0 Å². The molecule has 2 heterocycles. The van der Waals surface area contributed by atoms with Gasteiger partial charge in [-0.05, 0) is 64.8 Å². The van der Waals surface area contributed by atoms with Gasteiger partial charge < -0.3 is 4.90 Å². The number of carbonyl (C=O) groups excluding carboxylic acids is 1. The summed E-state index contributed by atoms with van der Waals surface area (Å²) in [6.07, 6.45) is 3.28. The zero-order valence-corrected chi connectivity index (χ0v) is 16.2. The average molecular weight is 394 g/mol. The van der Waals surface area contributed by atoms with Crippen molar-refractivity contribution in [2.24, 2.45) is 10.9 Å². The zero-order valence-electron chi connectivity index (χ0n) is 15.4. The fraction of sp³-hybridized carbons (Fsp3) is 0.450. The molecule has 2 aliphatic rings. The van der Waals surface area contributed by atoms with Gasteiger partial charge in [0.25, 0.3) is 5.91 Å². The van der Waals surface area contributed by atoms with Crippen LogP contribution in [0.2, 0.25) is 0 Å². The smallest absolute Gasteiger partial charge is 0.252 e. The van der Waals surface area contributed by atoms with Gasteiger partial charge in [-0.25, -0.2) is 8.78 Å². The van der Waals surface area contributed by atoms with Gasteiger partial charge in [-0.1, -0.05) is 0 Å². The zero-order chi connectivity index (χ0) is 19.6. The van der Waals surface area contributed by atoms with Gasteiger partial charge in [0.2, 0.25) is 0 Å². The Bertz CT molecular complexity index is 886. The van der Waals surface area contributed by atoms with E-state index in [0.717, 1.165) is 18.2 Å². The van der Waals surface area contributed by atoms with E-state index in [1.807, 2.05) is 6.92 Å². The molecule has 0 aliphatic carbocycles. The van der Waals surface area contributed by atoms with Crippen molar-refractivity contribution in [2.45, 2.75) is 26.3 Å². The van der Waals surface area contributed by atoms with Crippen molar-refractivity contribution in [3.8, 4) is 0 Å². The number of allylic oxidation sites excluding steroid dienone is 1. The maximum absolute atomic E-state index is 13.5. The molecule has 2 atom stereocenters. The van der Waals surface area contributed by atoms with Crippen molar-refractivity contribution in [2.75, 3.05) is 24.6 Å². The van der Waals surface area contributed by atoms with E-state index in [-0.39, 0.29) is 18.4 Å². The lowest BCUT2D eigenvalue weighted by Gasteiger charge is -2.25. The lowest BCUT2D eigenvalue weighted by atomic mass is 10.0. The van der Waals surface area contributed by atoms with Crippen LogP contribution in [0.15, 0.2) is 34.8 Å². The predicted molar refractivity (Wildman–Crippen MR) is 106 cm³/mol. The monoisotopic (exact) mass is 394 g/mol. The summed E-state index contributed by atoms with van der Waals surface area (Å²) in [7, 11) is -1.99. The molecule has 1 amide bonds. The minimum Gasteiger partial charge on any atom is -0.335 e. The third kappa shape index (κ3) is 5.25. The first-order chi connectivity index (χ1) is 12.7. The number of carbonyl (C=O) groups is 1. The van der Waals surface area contributed by atoms with Crippen LogP contribution in [0, 0.1) is 17.6 Å². The third-order valence-electron chi connectivity index (χ3n) is 4.98. The van der Waals surface area contributed by atoms with Crippen LogP contribution in [0.4, 0.5) is 8.78 Å². The second kappa shape index (κ2) is 7.92. The molecule has 0 N–H and O–H groups in total. The molecule has 0 bridgehead atoms. The molecule has 0 radical (unpaired) electrons. The number of hydrogen-bond donors (Lipinski definition) is 0. The highest BCUT2D eigenvalue weighted by Gasteiger charge is 2.26. The molecule has 1 aromatic rings. The van der Waals surface area contributed by atoms with Crippen molar-refractivity contribution < 1.29 is 17.8 Å². The Kier molecular flexibility index (Phi) is 5.79. The van der Waals surface area contributed by atoms with Crippen LogP contribution in [0.3, 0.4) is 0 Å². The van der Waals surface area contributed by atoms with Gasteiger partial charge in [0.1, 0.15) is 11.6 Å². The Labute approximate surface area is 159 Å². The van der Waals surface area contributed by atoms with Crippen LogP contribution in [0.1, 0.15) is 25.3 Å². The highest BCUT2D eigenvalue weighted by atomic mass is 32.2. The predicted octanol–water partition coefficient (Wildman–Crippen LogP) is 2.82. The molecule has 7 heteroatoms. The minimum absolute atomic E-state index is 0.121. The quantitative estimate of drug-likeness (QED) is 0.697. The van der Waals surface area contributed by atoms with Gasteiger partial charge in [0, 0.05) is 41.9 Å². The Morgan fingerprint density at radius 3 is 2.59 bits per heavy atom. The van der Waals surface area contributed by atoms with Gasteiger partial charge in [0.15, 0.2) is 0 Å². The number of aliphatic imine (C=N–C) groups is 1. The Morgan fingerprint density at radius 1 is 1.33 bits per heavy atom. The molecule has 1 aromatic carbocycles. The maximum atomic E-state index is 13.5. The van der Waals surface area contributed by atoms with E-state index in [0.29, 0.717) is 42.2 Å². The van der Waals surface area contributed by atoms with Gasteiger partial charge in [-0.2, -0.15) is 0 Å². The van der Waals surface area contributed by atoms with Crippen molar-refractivity contribution in [3.05, 3.63) is 47.0 Å². The number of hydrogen-bond acceptors (Lipinski definition) is 3. The largest absolute Gasteiger partial charge is 0.335 e. The van der Waals surface area contributed by atoms with Crippen molar-refractivity contribution in [3.63, 3.8) is 0 Å². The van der Waals surface area contributed by atoms with E-state index >= 15 is 0 Å². The molecule has 0 saturated carbocycles. The summed E-state index contributed by atoms with van der Waals surface area (Å²) in [6, 6.07) is 3.30. The molecule has 3 rings (SSSR count). The number of amides is 1. The lowest BCUT2D eigenvalue weighted by molar-refractivity contribution is -0.127. The normalized spacial score (nSPS) is 24.6. The molecule has 146 valence electrons. The fourth-order valence-corrected chi connectivity index (χ4v) is 5.73. The SMILES string of the molecule is C=S1(=O)CCC(CCN(Cc2cc(F)cc(F)c2)C(=O)C2=CC(C)=NC2)C1. The highest BCUT2D eigenvalue weighted by Crippen LogP contribution is 2.23. The van der Waals surface area contributed by atoms with Crippen LogP contribution in [-0.4, -0.2) is 51.2 Å². The molecule has 2 aliphatic heterocycles. The van der Waals surface area contributed by atoms with E-state index in [4.69, 9.17) is 0 Å². The summed E-state index contributed by atoms with van der Waals surface area (Å²) in [4.78, 5) is 18.8. The number of nitrogens with zero attached hydrogens (tertiary/aromatic N) is 2. The molecule has 1 saturated heterocycles. The van der Waals surface area contributed by atoms with Crippen LogP contribution >= 0.6 is 0 Å². The average Bonchev–Trinajstić information content (AvgIpc) is 3.15.